The molecule has 0 spiro atoms. The van der Waals surface area contributed by atoms with Crippen LogP contribution in [-0.4, -0.2) is 34.3 Å². The fraction of sp³-hybridized carbons (Fsp3) is 0.467. The van der Waals surface area contributed by atoms with Gasteiger partial charge in [0.25, 0.3) is 5.91 Å². The van der Waals surface area contributed by atoms with Crippen molar-refractivity contribution >= 4 is 17.5 Å². The van der Waals surface area contributed by atoms with Crippen molar-refractivity contribution in [2.24, 2.45) is 5.92 Å². The van der Waals surface area contributed by atoms with Gasteiger partial charge in [-0.3, -0.25) is 4.79 Å². The zero-order valence-corrected chi connectivity index (χ0v) is 12.7. The number of aryl methyl sites for hydroxylation is 1. The van der Waals surface area contributed by atoms with E-state index in [0.29, 0.717) is 17.1 Å². The second-order valence-corrected chi connectivity index (χ2v) is 5.73. The summed E-state index contributed by atoms with van der Waals surface area (Å²) in [6, 6.07) is 3.66. The molecule has 1 fully saturated rings. The number of carbonyl (C=O) groups is 1. The van der Waals surface area contributed by atoms with Gasteiger partial charge >= 0.3 is 0 Å². The number of aromatic nitrogens is 3. The molecule has 0 radical (unpaired) electrons. The van der Waals surface area contributed by atoms with Crippen LogP contribution in [0.2, 0.25) is 0 Å². The van der Waals surface area contributed by atoms with Gasteiger partial charge < -0.3 is 10.2 Å². The molecule has 0 atom stereocenters. The number of anilines is 2. The monoisotopic (exact) mass is 301 g/mol. The molecule has 116 valence electrons. The molecule has 0 aliphatic carbocycles. The van der Waals surface area contributed by atoms with Crippen molar-refractivity contribution in [3.63, 3.8) is 0 Å². The Morgan fingerprint density at radius 1 is 1.32 bits per heavy atom. The van der Waals surface area contributed by atoms with Crippen molar-refractivity contribution in [1.82, 2.24) is 15.3 Å². The Bertz CT molecular complexity index is 644. The van der Waals surface area contributed by atoms with E-state index in [-0.39, 0.29) is 5.91 Å². The Kier molecular flexibility index (Phi) is 4.04. The highest BCUT2D eigenvalue weighted by molar-refractivity contribution is 6.03. The third-order valence-electron chi connectivity index (χ3n) is 4.00. The van der Waals surface area contributed by atoms with Crippen molar-refractivity contribution in [2.45, 2.75) is 26.7 Å². The van der Waals surface area contributed by atoms with E-state index in [9.17, 15) is 4.79 Å². The number of carbonyl (C=O) groups excluding carboxylic acids is 1. The number of pyridine rings is 1. The molecule has 22 heavy (non-hydrogen) atoms. The van der Waals surface area contributed by atoms with E-state index in [1.807, 2.05) is 6.07 Å². The second kappa shape index (κ2) is 6.13. The molecule has 0 saturated carbocycles. The van der Waals surface area contributed by atoms with Gasteiger partial charge in [0, 0.05) is 19.3 Å². The average Bonchev–Trinajstić information content (AvgIpc) is 2.93. The lowest BCUT2D eigenvalue weighted by molar-refractivity contribution is 0.102. The molecule has 3 heterocycles. The Balaban J connectivity index is 1.66. The predicted octanol–water partition coefficient (Wildman–Crippen LogP) is 2.26. The molecule has 1 N–H and O–H groups in total. The first-order chi connectivity index (χ1) is 10.6. The van der Waals surface area contributed by atoms with Gasteiger partial charge in [0.05, 0.1) is 5.56 Å². The number of nitrogens with zero attached hydrogens (tertiary/aromatic N) is 4. The van der Waals surface area contributed by atoms with Crippen molar-refractivity contribution in [3.8, 4) is 0 Å². The number of hydrogen-bond acceptors (Lipinski definition) is 6. The largest absolute Gasteiger partial charge is 0.357 e. The van der Waals surface area contributed by atoms with Crippen LogP contribution >= 0.6 is 0 Å². The predicted molar refractivity (Wildman–Crippen MR) is 81.8 cm³/mol. The van der Waals surface area contributed by atoms with Gasteiger partial charge in [-0.15, -0.1) is 0 Å². The highest BCUT2D eigenvalue weighted by Crippen LogP contribution is 2.21. The van der Waals surface area contributed by atoms with Crippen LogP contribution in [-0.2, 0) is 0 Å². The lowest BCUT2D eigenvalue weighted by Gasteiger charge is -2.31. The molecular weight excluding hydrogens is 282 g/mol. The van der Waals surface area contributed by atoms with Gasteiger partial charge in [0.1, 0.15) is 11.5 Å². The standard InChI is InChI=1S/C15H19N5O2/c1-10-5-7-20(8-6-10)13-4-3-12(9-16-13)15(21)17-14-11(2)18-22-19-14/h3-4,9-10H,5-8H2,1-2H3,(H,17,19,21). The maximum Gasteiger partial charge on any atom is 0.258 e. The zero-order valence-electron chi connectivity index (χ0n) is 12.7. The molecule has 0 bridgehead atoms. The lowest BCUT2D eigenvalue weighted by Crippen LogP contribution is -2.33. The van der Waals surface area contributed by atoms with E-state index in [1.165, 1.54) is 12.8 Å². The van der Waals surface area contributed by atoms with Crippen molar-refractivity contribution < 1.29 is 9.42 Å². The fourth-order valence-electron chi connectivity index (χ4n) is 2.47. The van der Waals surface area contributed by atoms with Gasteiger partial charge in [-0.25, -0.2) is 9.61 Å². The van der Waals surface area contributed by atoms with E-state index in [2.05, 4.69) is 37.1 Å². The molecule has 7 heteroatoms. The summed E-state index contributed by atoms with van der Waals surface area (Å²) >= 11 is 0. The molecule has 1 aliphatic rings. The summed E-state index contributed by atoms with van der Waals surface area (Å²) in [6.45, 7) is 6.02. The fourth-order valence-corrected chi connectivity index (χ4v) is 2.47. The first-order valence-corrected chi connectivity index (χ1v) is 7.45. The summed E-state index contributed by atoms with van der Waals surface area (Å²) in [7, 11) is 0. The first-order valence-electron chi connectivity index (χ1n) is 7.45. The third kappa shape index (κ3) is 3.08. The van der Waals surface area contributed by atoms with E-state index in [4.69, 9.17) is 0 Å². The Labute approximate surface area is 128 Å². The lowest BCUT2D eigenvalue weighted by atomic mass is 9.99. The van der Waals surface area contributed by atoms with E-state index in [1.54, 1.807) is 19.2 Å². The van der Waals surface area contributed by atoms with Crippen LogP contribution in [0.5, 0.6) is 0 Å². The van der Waals surface area contributed by atoms with Gasteiger partial charge in [-0.1, -0.05) is 12.1 Å². The van der Waals surface area contributed by atoms with Gasteiger partial charge in [0.15, 0.2) is 0 Å². The molecule has 7 nitrogen and oxygen atoms in total. The Morgan fingerprint density at radius 2 is 2.09 bits per heavy atom. The highest BCUT2D eigenvalue weighted by Gasteiger charge is 2.17. The van der Waals surface area contributed by atoms with Crippen LogP contribution in [0.15, 0.2) is 23.0 Å². The summed E-state index contributed by atoms with van der Waals surface area (Å²) in [6.07, 6.45) is 3.95. The van der Waals surface area contributed by atoms with Crippen LogP contribution in [0, 0.1) is 12.8 Å². The van der Waals surface area contributed by atoms with Gasteiger partial charge in [-0.2, -0.15) is 0 Å². The average molecular weight is 301 g/mol. The van der Waals surface area contributed by atoms with Crippen LogP contribution in [0.4, 0.5) is 11.6 Å². The van der Waals surface area contributed by atoms with Crippen molar-refractivity contribution in [2.75, 3.05) is 23.3 Å². The van der Waals surface area contributed by atoms with Crippen molar-refractivity contribution in [1.29, 1.82) is 0 Å². The smallest absolute Gasteiger partial charge is 0.258 e. The summed E-state index contributed by atoms with van der Waals surface area (Å²) in [5, 5.41) is 9.91. The minimum atomic E-state index is -0.273. The van der Waals surface area contributed by atoms with Crippen LogP contribution in [0.3, 0.4) is 0 Å². The Hall–Kier alpha value is -2.44. The minimum Gasteiger partial charge on any atom is -0.357 e. The topological polar surface area (TPSA) is 84.2 Å². The number of rotatable bonds is 3. The minimum absolute atomic E-state index is 0.273. The quantitative estimate of drug-likeness (QED) is 0.936. The van der Waals surface area contributed by atoms with Crippen LogP contribution < -0.4 is 10.2 Å². The molecule has 2 aromatic heterocycles. The molecule has 0 aromatic carbocycles. The normalized spacial score (nSPS) is 15.8. The number of hydrogen-bond donors (Lipinski definition) is 1. The zero-order chi connectivity index (χ0) is 15.5. The molecule has 2 aromatic rings. The molecular formula is C15H19N5O2. The number of piperidine rings is 1. The summed E-state index contributed by atoms with van der Waals surface area (Å²) in [5.74, 6) is 1.76. The summed E-state index contributed by atoms with van der Waals surface area (Å²) in [4.78, 5) is 18.8. The van der Waals surface area contributed by atoms with E-state index in [0.717, 1.165) is 24.8 Å². The first kappa shape index (κ1) is 14.5. The van der Waals surface area contributed by atoms with E-state index < -0.39 is 0 Å². The van der Waals surface area contributed by atoms with Crippen LogP contribution in [0.1, 0.15) is 35.8 Å². The SMILES string of the molecule is Cc1nonc1NC(=O)c1ccc(N2CCC(C)CC2)nc1. The van der Waals surface area contributed by atoms with Crippen LogP contribution in [0.25, 0.3) is 0 Å². The summed E-state index contributed by atoms with van der Waals surface area (Å²) < 4.78 is 4.55. The Morgan fingerprint density at radius 3 is 2.68 bits per heavy atom. The molecule has 1 amide bonds. The van der Waals surface area contributed by atoms with Gasteiger partial charge in [-0.05, 0) is 43.0 Å². The number of amides is 1. The second-order valence-electron chi connectivity index (χ2n) is 5.73. The molecule has 0 unspecified atom stereocenters. The maximum absolute atomic E-state index is 12.1. The van der Waals surface area contributed by atoms with E-state index >= 15 is 0 Å². The third-order valence-corrected chi connectivity index (χ3v) is 4.00. The molecule has 1 aliphatic heterocycles. The molecule has 1 saturated heterocycles. The maximum atomic E-state index is 12.1. The number of nitrogens with one attached hydrogen (secondary N) is 1. The van der Waals surface area contributed by atoms with Crippen molar-refractivity contribution in [3.05, 3.63) is 29.6 Å². The summed E-state index contributed by atoms with van der Waals surface area (Å²) in [5.41, 5.74) is 1.02. The molecule has 3 rings (SSSR count). The highest BCUT2D eigenvalue weighted by atomic mass is 16.6. The van der Waals surface area contributed by atoms with Gasteiger partial charge in [0.2, 0.25) is 5.82 Å².